The number of hydrogen-bond acceptors (Lipinski definition) is 2. The van der Waals surface area contributed by atoms with Gasteiger partial charge in [0.1, 0.15) is 5.01 Å². The maximum Gasteiger partial charge on any atom is 0.124 e. The third-order valence-corrected chi connectivity index (χ3v) is 4.14. The number of nitrogens with zero attached hydrogens (tertiary/aromatic N) is 1. The summed E-state index contributed by atoms with van der Waals surface area (Å²) in [5, 5.41) is 1.02. The van der Waals surface area contributed by atoms with Crippen LogP contribution in [0.2, 0.25) is 0 Å². The smallest absolute Gasteiger partial charge is 0.124 e. The fourth-order valence-electron chi connectivity index (χ4n) is 2.04. The largest absolute Gasteiger partial charge is 0.236 e. The van der Waals surface area contributed by atoms with E-state index < -0.39 is 0 Å². The zero-order chi connectivity index (χ0) is 14.7. The van der Waals surface area contributed by atoms with Crippen LogP contribution in [0.5, 0.6) is 0 Å². The van der Waals surface area contributed by atoms with E-state index in [1.165, 1.54) is 16.7 Å². The number of rotatable bonds is 4. The third-order valence-electron chi connectivity index (χ3n) is 3.02. The van der Waals surface area contributed by atoms with Gasteiger partial charge in [-0.2, -0.15) is 0 Å². The monoisotopic (exact) mass is 281 g/mol. The molecule has 2 heteroatoms. The first-order chi connectivity index (χ1) is 9.55. The fourth-order valence-corrected chi connectivity index (χ4v) is 2.96. The van der Waals surface area contributed by atoms with Gasteiger partial charge in [0, 0.05) is 5.56 Å². The molecule has 0 atom stereocenters. The van der Waals surface area contributed by atoms with Gasteiger partial charge >= 0.3 is 0 Å². The van der Waals surface area contributed by atoms with Crippen molar-refractivity contribution in [3.63, 3.8) is 0 Å². The van der Waals surface area contributed by atoms with E-state index in [2.05, 4.69) is 63.2 Å². The molecule has 0 aliphatic heterocycles. The Morgan fingerprint density at radius 2 is 1.95 bits per heavy atom. The number of aromatic nitrogens is 1. The minimum absolute atomic E-state index is 0.908. The van der Waals surface area contributed by atoms with E-state index in [4.69, 9.17) is 0 Å². The second-order valence-electron chi connectivity index (χ2n) is 4.97. The van der Waals surface area contributed by atoms with Crippen LogP contribution in [0.25, 0.3) is 28.8 Å². The van der Waals surface area contributed by atoms with Gasteiger partial charge in [-0.1, -0.05) is 36.9 Å². The van der Waals surface area contributed by atoms with Gasteiger partial charge in [0.25, 0.3) is 0 Å². The molecule has 2 rings (SSSR count). The maximum atomic E-state index is 4.62. The summed E-state index contributed by atoms with van der Waals surface area (Å²) in [6.45, 7) is 14.0. The van der Waals surface area contributed by atoms with Crippen LogP contribution in [0.3, 0.4) is 0 Å². The normalized spacial score (nSPS) is 10.2. The molecule has 0 spiro atoms. The van der Waals surface area contributed by atoms with E-state index in [0.717, 1.165) is 21.1 Å². The summed E-state index contributed by atoms with van der Waals surface area (Å²) in [4.78, 5) is 5.69. The minimum Gasteiger partial charge on any atom is -0.236 e. The lowest BCUT2D eigenvalue weighted by molar-refractivity contribution is 1.35. The summed E-state index contributed by atoms with van der Waals surface area (Å²) >= 11 is 1.65. The summed E-state index contributed by atoms with van der Waals surface area (Å²) in [7, 11) is 0. The van der Waals surface area contributed by atoms with Gasteiger partial charge in [-0.3, -0.25) is 0 Å². The topological polar surface area (TPSA) is 12.9 Å². The van der Waals surface area contributed by atoms with Crippen LogP contribution in [0.1, 0.15) is 35.5 Å². The first-order valence-corrected chi connectivity index (χ1v) is 7.38. The van der Waals surface area contributed by atoms with Crippen molar-refractivity contribution in [1.29, 1.82) is 0 Å². The Hall–Kier alpha value is -1.93. The van der Waals surface area contributed by atoms with E-state index in [-0.39, 0.29) is 0 Å². The molecule has 1 heterocycles. The Kier molecular flexibility index (Phi) is 4.35. The minimum atomic E-state index is 0.908. The van der Waals surface area contributed by atoms with Gasteiger partial charge in [0.15, 0.2) is 0 Å². The Labute approximate surface area is 125 Å². The van der Waals surface area contributed by atoms with Crippen LogP contribution in [0.15, 0.2) is 36.9 Å². The summed E-state index contributed by atoms with van der Waals surface area (Å²) in [6, 6.07) is 6.47. The van der Waals surface area contributed by atoms with E-state index in [1.54, 1.807) is 17.4 Å². The summed E-state index contributed by atoms with van der Waals surface area (Å²) in [5.74, 6) is 0. The molecule has 0 saturated heterocycles. The second-order valence-corrected chi connectivity index (χ2v) is 6.00. The number of aryl methyl sites for hydroxylation is 1. The van der Waals surface area contributed by atoms with Crippen molar-refractivity contribution in [3.8, 4) is 10.6 Å². The molecular formula is C18H19NS. The first kappa shape index (κ1) is 14.5. The van der Waals surface area contributed by atoms with E-state index in [0.29, 0.717) is 0 Å². The van der Waals surface area contributed by atoms with Crippen molar-refractivity contribution >= 4 is 29.6 Å². The highest BCUT2D eigenvalue weighted by molar-refractivity contribution is 7.16. The van der Waals surface area contributed by atoms with Crippen molar-refractivity contribution in [2.24, 2.45) is 0 Å². The molecule has 0 saturated carbocycles. The highest BCUT2D eigenvalue weighted by Gasteiger charge is 2.09. The average molecular weight is 281 g/mol. The molecule has 0 fully saturated rings. The van der Waals surface area contributed by atoms with Crippen LogP contribution < -0.4 is 0 Å². The van der Waals surface area contributed by atoms with Crippen LogP contribution in [-0.4, -0.2) is 4.98 Å². The zero-order valence-electron chi connectivity index (χ0n) is 12.2. The molecule has 2 aromatic rings. The molecule has 102 valence electrons. The summed E-state index contributed by atoms with van der Waals surface area (Å²) in [5.41, 5.74) is 5.89. The van der Waals surface area contributed by atoms with Gasteiger partial charge in [0.2, 0.25) is 0 Å². The molecule has 0 aliphatic carbocycles. The zero-order valence-corrected chi connectivity index (χ0v) is 13.1. The predicted molar refractivity (Wildman–Crippen MR) is 91.8 cm³/mol. The molecule has 0 bridgehead atoms. The number of allylic oxidation sites excluding steroid dienone is 1. The highest BCUT2D eigenvalue weighted by Crippen LogP contribution is 2.31. The number of thiazole rings is 1. The van der Waals surface area contributed by atoms with E-state index >= 15 is 0 Å². The van der Waals surface area contributed by atoms with Crippen molar-refractivity contribution in [1.82, 2.24) is 4.98 Å². The van der Waals surface area contributed by atoms with E-state index in [9.17, 15) is 0 Å². The highest BCUT2D eigenvalue weighted by atomic mass is 32.1. The van der Waals surface area contributed by atoms with Gasteiger partial charge in [0.05, 0.1) is 10.6 Å². The number of benzene rings is 1. The Bertz CT molecular complexity index is 660. The lowest BCUT2D eigenvalue weighted by Gasteiger charge is -2.04. The van der Waals surface area contributed by atoms with Crippen LogP contribution in [0.4, 0.5) is 0 Å². The van der Waals surface area contributed by atoms with Crippen molar-refractivity contribution in [2.45, 2.75) is 20.8 Å². The lowest BCUT2D eigenvalue weighted by atomic mass is 10.0. The van der Waals surface area contributed by atoms with Gasteiger partial charge in [-0.15, -0.1) is 11.3 Å². The molecule has 0 unspecified atom stereocenters. The molecule has 0 N–H and O–H groups in total. The molecule has 0 aliphatic rings. The van der Waals surface area contributed by atoms with Crippen LogP contribution in [-0.2, 0) is 0 Å². The third kappa shape index (κ3) is 2.97. The molecule has 0 radical (unpaired) electrons. The lowest BCUT2D eigenvalue weighted by Crippen LogP contribution is -1.84. The van der Waals surface area contributed by atoms with Crippen molar-refractivity contribution in [3.05, 3.63) is 58.6 Å². The quantitative estimate of drug-likeness (QED) is 0.687. The summed E-state index contributed by atoms with van der Waals surface area (Å²) in [6.07, 6.45) is 5.81. The standard InChI is InChI=1S/C18H19NS/c1-6-16-17(7-2)20-18(19-16)15-9-8-14(10-12(3)4)13(5)11-15/h6-11H,1-2H2,3-5H3. The molecule has 1 aromatic carbocycles. The molecule has 1 nitrogen and oxygen atoms in total. The average Bonchev–Trinajstić information content (AvgIpc) is 2.83. The van der Waals surface area contributed by atoms with Crippen molar-refractivity contribution in [2.75, 3.05) is 0 Å². The summed E-state index contributed by atoms with van der Waals surface area (Å²) < 4.78 is 0. The predicted octanol–water partition coefficient (Wildman–Crippen LogP) is 5.83. The Morgan fingerprint density at radius 1 is 1.20 bits per heavy atom. The van der Waals surface area contributed by atoms with Gasteiger partial charge in [-0.25, -0.2) is 4.98 Å². The Balaban J connectivity index is 2.46. The first-order valence-electron chi connectivity index (χ1n) is 6.56. The van der Waals surface area contributed by atoms with E-state index in [1.807, 2.05) is 6.08 Å². The molecular weight excluding hydrogens is 262 g/mol. The van der Waals surface area contributed by atoms with Crippen LogP contribution >= 0.6 is 11.3 Å². The SMILES string of the molecule is C=Cc1nc(-c2ccc(C=C(C)C)c(C)c2)sc1C=C. The molecule has 20 heavy (non-hydrogen) atoms. The Morgan fingerprint density at radius 3 is 2.45 bits per heavy atom. The second kappa shape index (κ2) is 6.02. The van der Waals surface area contributed by atoms with Gasteiger partial charge < -0.3 is 0 Å². The van der Waals surface area contributed by atoms with Crippen LogP contribution in [0, 0.1) is 6.92 Å². The molecule has 1 aromatic heterocycles. The fraction of sp³-hybridized carbons (Fsp3) is 0.167. The maximum absolute atomic E-state index is 4.62. The number of hydrogen-bond donors (Lipinski definition) is 0. The van der Waals surface area contributed by atoms with Gasteiger partial charge in [-0.05, 0) is 50.1 Å². The molecule has 0 amide bonds. The van der Waals surface area contributed by atoms with Crippen molar-refractivity contribution < 1.29 is 0 Å².